The van der Waals surface area contributed by atoms with Crippen LogP contribution in [0.3, 0.4) is 0 Å². The minimum atomic E-state index is -0.854. The summed E-state index contributed by atoms with van der Waals surface area (Å²) >= 11 is 1.56. The van der Waals surface area contributed by atoms with Crippen LogP contribution in [0.5, 0.6) is 0 Å². The van der Waals surface area contributed by atoms with Gasteiger partial charge in [-0.25, -0.2) is 0 Å². The fourth-order valence-corrected chi connectivity index (χ4v) is 3.04. The van der Waals surface area contributed by atoms with Gasteiger partial charge in [-0.2, -0.15) is 11.8 Å². The number of aliphatic carboxylic acids is 1. The van der Waals surface area contributed by atoms with Crippen LogP contribution in [0.25, 0.3) is 0 Å². The van der Waals surface area contributed by atoms with Crippen LogP contribution >= 0.6 is 11.8 Å². The minimum absolute atomic E-state index is 0.0257. The van der Waals surface area contributed by atoms with Gasteiger partial charge in [0.2, 0.25) is 11.8 Å². The van der Waals surface area contributed by atoms with Gasteiger partial charge in [0.1, 0.15) is 0 Å². The summed E-state index contributed by atoms with van der Waals surface area (Å²) in [4.78, 5) is 38.0. The van der Waals surface area contributed by atoms with E-state index in [2.05, 4.69) is 6.92 Å². The number of thioether (sulfide) groups is 1. The Morgan fingerprint density at radius 1 is 1.38 bits per heavy atom. The molecule has 21 heavy (non-hydrogen) atoms. The molecule has 1 unspecified atom stereocenters. The molecule has 0 spiro atoms. The van der Waals surface area contributed by atoms with Crippen LogP contribution in [-0.4, -0.2) is 70.9 Å². The molecule has 0 bridgehead atoms. The van der Waals surface area contributed by atoms with E-state index in [1.165, 1.54) is 4.90 Å². The van der Waals surface area contributed by atoms with Gasteiger partial charge < -0.3 is 14.9 Å². The van der Waals surface area contributed by atoms with Crippen LogP contribution < -0.4 is 0 Å². The van der Waals surface area contributed by atoms with Crippen molar-refractivity contribution in [3.8, 4) is 0 Å². The van der Waals surface area contributed by atoms with Crippen LogP contribution in [0.2, 0.25) is 0 Å². The number of hydrogen-bond acceptors (Lipinski definition) is 4. The Balaban J connectivity index is 2.41. The number of likely N-dealkylation sites (tertiary alicyclic amines) is 1. The number of carboxylic acid groups (broad SMARTS) is 1. The van der Waals surface area contributed by atoms with E-state index < -0.39 is 11.9 Å². The van der Waals surface area contributed by atoms with E-state index in [-0.39, 0.29) is 24.9 Å². The van der Waals surface area contributed by atoms with Gasteiger partial charge in [0, 0.05) is 20.1 Å². The molecule has 0 aromatic rings. The lowest BCUT2D eigenvalue weighted by Gasteiger charge is -2.32. The molecule has 1 heterocycles. The first-order valence-electron chi connectivity index (χ1n) is 7.28. The minimum Gasteiger partial charge on any atom is -0.481 e. The highest BCUT2D eigenvalue weighted by atomic mass is 32.2. The first kappa shape index (κ1) is 17.8. The second-order valence-electron chi connectivity index (χ2n) is 5.32. The van der Waals surface area contributed by atoms with E-state index in [9.17, 15) is 14.4 Å². The normalized spacial score (nSPS) is 18.4. The second kappa shape index (κ2) is 8.92. The molecule has 1 fully saturated rings. The Morgan fingerprint density at radius 2 is 2.10 bits per heavy atom. The van der Waals surface area contributed by atoms with Crippen molar-refractivity contribution in [2.45, 2.75) is 26.2 Å². The van der Waals surface area contributed by atoms with Crippen LogP contribution in [0.4, 0.5) is 0 Å². The number of carbonyl (C=O) groups is 3. The maximum atomic E-state index is 12.1. The van der Waals surface area contributed by atoms with Gasteiger partial charge >= 0.3 is 5.97 Å². The number of amides is 2. The van der Waals surface area contributed by atoms with Gasteiger partial charge in [-0.15, -0.1) is 0 Å². The summed E-state index contributed by atoms with van der Waals surface area (Å²) in [5.74, 6) is -0.252. The molecule has 1 aliphatic rings. The number of rotatable bonds is 7. The lowest BCUT2D eigenvalue weighted by Crippen LogP contribution is -2.47. The van der Waals surface area contributed by atoms with Crippen LogP contribution in [0, 0.1) is 5.92 Å². The fourth-order valence-electron chi connectivity index (χ4n) is 2.21. The lowest BCUT2D eigenvalue weighted by atomic mass is 9.98. The standard InChI is InChI=1S/C14H24N2O4S/c1-3-7-21-10-13(18)15(2)9-12(17)16-6-4-5-11(8-16)14(19)20/h11H,3-10H2,1-2H3,(H,19,20). The molecule has 1 rings (SSSR count). The Morgan fingerprint density at radius 3 is 2.71 bits per heavy atom. The van der Waals surface area contributed by atoms with E-state index >= 15 is 0 Å². The van der Waals surface area contributed by atoms with E-state index in [1.807, 2.05) is 0 Å². The number of piperidine rings is 1. The zero-order chi connectivity index (χ0) is 15.8. The highest BCUT2D eigenvalue weighted by molar-refractivity contribution is 7.99. The van der Waals surface area contributed by atoms with Gasteiger partial charge in [0.15, 0.2) is 0 Å². The summed E-state index contributed by atoms with van der Waals surface area (Å²) in [6.45, 7) is 2.91. The maximum Gasteiger partial charge on any atom is 0.308 e. The van der Waals surface area contributed by atoms with E-state index in [1.54, 1.807) is 23.7 Å². The van der Waals surface area contributed by atoms with Crippen molar-refractivity contribution in [3.05, 3.63) is 0 Å². The summed E-state index contributed by atoms with van der Waals surface area (Å²) in [5.41, 5.74) is 0. The number of carbonyl (C=O) groups excluding carboxylic acids is 2. The molecule has 1 saturated heterocycles. The van der Waals surface area contributed by atoms with Crippen molar-refractivity contribution in [1.82, 2.24) is 9.80 Å². The van der Waals surface area contributed by atoms with Crippen LogP contribution in [-0.2, 0) is 14.4 Å². The van der Waals surface area contributed by atoms with Gasteiger partial charge in [-0.3, -0.25) is 14.4 Å². The number of carboxylic acids is 1. The number of nitrogens with zero attached hydrogens (tertiary/aromatic N) is 2. The monoisotopic (exact) mass is 316 g/mol. The van der Waals surface area contributed by atoms with Crippen molar-refractivity contribution >= 4 is 29.5 Å². The average Bonchev–Trinajstić information content (AvgIpc) is 2.47. The molecule has 1 N–H and O–H groups in total. The molecule has 0 aliphatic carbocycles. The Labute approximate surface area is 129 Å². The molecule has 6 nitrogen and oxygen atoms in total. The number of hydrogen-bond donors (Lipinski definition) is 1. The largest absolute Gasteiger partial charge is 0.481 e. The molecule has 120 valence electrons. The van der Waals surface area contributed by atoms with Gasteiger partial charge in [-0.05, 0) is 25.0 Å². The maximum absolute atomic E-state index is 12.1. The zero-order valence-corrected chi connectivity index (χ0v) is 13.5. The van der Waals surface area contributed by atoms with Crippen molar-refractivity contribution in [2.75, 3.05) is 38.2 Å². The molecule has 0 aromatic heterocycles. The third-order valence-electron chi connectivity index (χ3n) is 3.50. The number of likely N-dealkylation sites (N-methyl/N-ethyl adjacent to an activating group) is 1. The van der Waals surface area contributed by atoms with E-state index in [0.29, 0.717) is 25.1 Å². The molecule has 0 aromatic carbocycles. The molecular weight excluding hydrogens is 292 g/mol. The Bertz CT molecular complexity index is 389. The SMILES string of the molecule is CCCSCC(=O)N(C)CC(=O)N1CCCC(C(=O)O)C1. The van der Waals surface area contributed by atoms with Crippen molar-refractivity contribution < 1.29 is 19.5 Å². The highest BCUT2D eigenvalue weighted by Crippen LogP contribution is 2.16. The van der Waals surface area contributed by atoms with Gasteiger partial charge in [-0.1, -0.05) is 6.92 Å². The van der Waals surface area contributed by atoms with Crippen molar-refractivity contribution in [1.29, 1.82) is 0 Å². The Hall–Kier alpha value is -1.24. The molecular formula is C14H24N2O4S. The summed E-state index contributed by atoms with van der Waals surface area (Å²) in [7, 11) is 1.62. The highest BCUT2D eigenvalue weighted by Gasteiger charge is 2.28. The molecule has 0 saturated carbocycles. The Kier molecular flexibility index (Phi) is 7.56. The summed E-state index contributed by atoms with van der Waals surface area (Å²) < 4.78 is 0. The average molecular weight is 316 g/mol. The van der Waals surface area contributed by atoms with Crippen LogP contribution in [0.1, 0.15) is 26.2 Å². The quantitative estimate of drug-likeness (QED) is 0.706. The van der Waals surface area contributed by atoms with Gasteiger partial charge in [0.25, 0.3) is 0 Å². The topological polar surface area (TPSA) is 77.9 Å². The molecule has 2 amide bonds. The third kappa shape index (κ3) is 5.95. The van der Waals surface area contributed by atoms with Crippen LogP contribution in [0.15, 0.2) is 0 Å². The lowest BCUT2D eigenvalue weighted by molar-refractivity contribution is -0.147. The predicted octanol–water partition coefficient (Wildman–Crippen LogP) is 0.911. The molecule has 1 aliphatic heterocycles. The zero-order valence-electron chi connectivity index (χ0n) is 12.7. The molecule has 1 atom stereocenters. The predicted molar refractivity (Wildman–Crippen MR) is 82.2 cm³/mol. The van der Waals surface area contributed by atoms with Gasteiger partial charge in [0.05, 0.1) is 18.2 Å². The first-order valence-corrected chi connectivity index (χ1v) is 8.43. The summed E-state index contributed by atoms with van der Waals surface area (Å²) in [6.07, 6.45) is 2.33. The van der Waals surface area contributed by atoms with E-state index in [0.717, 1.165) is 12.2 Å². The summed E-state index contributed by atoms with van der Waals surface area (Å²) in [5, 5.41) is 9.02. The smallest absolute Gasteiger partial charge is 0.308 e. The summed E-state index contributed by atoms with van der Waals surface area (Å²) in [6, 6.07) is 0. The molecule has 7 heteroatoms. The van der Waals surface area contributed by atoms with Crippen molar-refractivity contribution in [2.24, 2.45) is 5.92 Å². The van der Waals surface area contributed by atoms with E-state index in [4.69, 9.17) is 5.11 Å². The fraction of sp³-hybridized carbons (Fsp3) is 0.786. The van der Waals surface area contributed by atoms with Crippen molar-refractivity contribution in [3.63, 3.8) is 0 Å². The first-order chi connectivity index (χ1) is 9.95. The second-order valence-corrected chi connectivity index (χ2v) is 6.42. The third-order valence-corrected chi connectivity index (χ3v) is 4.64. The molecule has 0 radical (unpaired) electrons.